The zero-order valence-electron chi connectivity index (χ0n) is 13.5. The monoisotopic (exact) mass is 664 g/mol. The Balaban J connectivity index is 0.000000187. The quantitative estimate of drug-likeness (QED) is 0.193. The van der Waals surface area contributed by atoms with Crippen molar-refractivity contribution in [3.8, 4) is 11.5 Å². The van der Waals surface area contributed by atoms with Gasteiger partial charge in [0.2, 0.25) is 0 Å². The Bertz CT molecular complexity index is 1040. The van der Waals surface area contributed by atoms with Gasteiger partial charge in [-0.2, -0.15) is 0 Å². The van der Waals surface area contributed by atoms with E-state index in [0.29, 0.717) is 28.2 Å². The molecule has 0 fully saturated rings. The number of nitrogens with zero attached hydrogens (tertiary/aromatic N) is 2. The molecule has 0 N–H and O–H groups in total. The first kappa shape index (κ1) is 22.8. The van der Waals surface area contributed by atoms with E-state index in [1.165, 1.54) is 0 Å². The number of fused-ring (bicyclic) bond motifs is 2. The molecule has 0 unspecified atom stereocenters. The molecule has 0 saturated carbocycles. The molecule has 2 aromatic heterocycles. The van der Waals surface area contributed by atoms with Gasteiger partial charge in [-0.05, 0) is 81.6 Å². The van der Waals surface area contributed by atoms with Crippen molar-refractivity contribution in [3.63, 3.8) is 0 Å². The van der Waals surface area contributed by atoms with Crippen molar-refractivity contribution in [2.24, 2.45) is 0 Å². The number of hydrogen-bond donors (Lipinski definition) is 0. The van der Waals surface area contributed by atoms with Crippen molar-refractivity contribution in [3.05, 3.63) is 66.0 Å². The van der Waals surface area contributed by atoms with E-state index < -0.39 is 0 Å². The summed E-state index contributed by atoms with van der Waals surface area (Å²) >= 11 is 15.8. The molecular formula is C18H8Cl2I2N2O2Zn. The Labute approximate surface area is 205 Å². The van der Waals surface area contributed by atoms with Crippen LogP contribution < -0.4 is 10.2 Å². The molecule has 4 rings (SSSR count). The van der Waals surface area contributed by atoms with E-state index >= 15 is 0 Å². The van der Waals surface area contributed by atoms with Crippen LogP contribution in [0.1, 0.15) is 0 Å². The smallest absolute Gasteiger partial charge is 0.870 e. The summed E-state index contributed by atoms with van der Waals surface area (Å²) in [7, 11) is 0. The summed E-state index contributed by atoms with van der Waals surface area (Å²) in [5.41, 5.74) is 0.888. The number of halogens is 4. The second-order valence-corrected chi connectivity index (χ2v) is 8.28. The Morgan fingerprint density at radius 2 is 1.11 bits per heavy atom. The number of rotatable bonds is 0. The van der Waals surface area contributed by atoms with Crippen LogP contribution in [0.2, 0.25) is 10.0 Å². The molecule has 0 aliphatic heterocycles. The number of pyridine rings is 2. The van der Waals surface area contributed by atoms with Crippen molar-refractivity contribution in [1.29, 1.82) is 0 Å². The maximum Gasteiger partial charge on any atom is 2.00 e. The first-order valence-corrected chi connectivity index (χ1v) is 10.1. The molecule has 0 aliphatic carbocycles. The molecule has 2 heterocycles. The predicted molar refractivity (Wildman–Crippen MR) is 118 cm³/mol. The van der Waals surface area contributed by atoms with Gasteiger partial charge in [0, 0.05) is 30.3 Å². The predicted octanol–water partition coefficient (Wildman–Crippen LogP) is 5.13. The van der Waals surface area contributed by atoms with Crippen LogP contribution in [0.5, 0.6) is 11.5 Å². The first-order chi connectivity index (χ1) is 12.4. The first-order valence-electron chi connectivity index (χ1n) is 7.19. The van der Waals surface area contributed by atoms with E-state index in [1.54, 1.807) is 48.8 Å². The van der Waals surface area contributed by atoms with Gasteiger partial charge in [-0.1, -0.05) is 34.7 Å². The summed E-state index contributed by atoms with van der Waals surface area (Å²) in [6.45, 7) is 0. The number of benzene rings is 2. The molecule has 0 spiro atoms. The van der Waals surface area contributed by atoms with Crippen molar-refractivity contribution in [1.82, 2.24) is 9.97 Å². The van der Waals surface area contributed by atoms with Gasteiger partial charge in [-0.15, -0.1) is 0 Å². The van der Waals surface area contributed by atoms with Crippen LogP contribution in [0, 0.1) is 7.14 Å². The molecule has 4 nitrogen and oxygen atoms in total. The number of hydrogen-bond acceptors (Lipinski definition) is 4. The molecule has 0 radical (unpaired) electrons. The van der Waals surface area contributed by atoms with Gasteiger partial charge in [0.25, 0.3) is 0 Å². The molecule has 0 amide bonds. The molecule has 0 aliphatic rings. The second kappa shape index (κ2) is 9.83. The average molecular weight is 666 g/mol. The summed E-state index contributed by atoms with van der Waals surface area (Å²) in [6, 6.07) is 10.4. The molecule has 0 atom stereocenters. The minimum absolute atomic E-state index is 0. The van der Waals surface area contributed by atoms with Crippen LogP contribution in [0.15, 0.2) is 48.8 Å². The Hall–Kier alpha value is -0.477. The van der Waals surface area contributed by atoms with E-state index in [2.05, 4.69) is 9.97 Å². The van der Waals surface area contributed by atoms with Crippen LogP contribution >= 0.6 is 68.4 Å². The third kappa shape index (κ3) is 4.93. The second-order valence-electron chi connectivity index (χ2n) is 5.14. The summed E-state index contributed by atoms with van der Waals surface area (Å²) in [4.78, 5) is 8.00. The SMILES string of the molecule is [O-]c1c([123I])cc(Cl)c2cccnc12.[O-]c1c([123I])cc(Cl)c2cccnc12.[Zn+2]. The van der Waals surface area contributed by atoms with Gasteiger partial charge < -0.3 is 10.2 Å². The van der Waals surface area contributed by atoms with E-state index in [9.17, 15) is 10.2 Å². The molecule has 4 aromatic rings. The fraction of sp³-hybridized carbons (Fsp3) is 0. The molecular weight excluding hydrogens is 658 g/mol. The van der Waals surface area contributed by atoms with Gasteiger partial charge in [0.05, 0.1) is 21.1 Å². The van der Waals surface area contributed by atoms with E-state index in [-0.39, 0.29) is 31.0 Å². The van der Waals surface area contributed by atoms with Crippen LogP contribution in [-0.2, 0) is 19.5 Å². The van der Waals surface area contributed by atoms with Gasteiger partial charge in [0.1, 0.15) is 0 Å². The minimum Gasteiger partial charge on any atom is -0.870 e. The fourth-order valence-electron chi connectivity index (χ4n) is 2.29. The molecule has 2 aromatic carbocycles. The summed E-state index contributed by atoms with van der Waals surface area (Å²) in [5.74, 6) is -0.110. The molecule has 132 valence electrons. The minimum atomic E-state index is -0.0550. The van der Waals surface area contributed by atoms with Crippen LogP contribution in [0.3, 0.4) is 0 Å². The van der Waals surface area contributed by atoms with Crippen molar-refractivity contribution < 1.29 is 29.7 Å². The maximum atomic E-state index is 11.6. The largest absolute Gasteiger partial charge is 2.00 e. The van der Waals surface area contributed by atoms with Gasteiger partial charge in [-0.3, -0.25) is 9.97 Å². The van der Waals surface area contributed by atoms with Gasteiger partial charge in [-0.25, -0.2) is 0 Å². The third-order valence-electron chi connectivity index (χ3n) is 3.50. The standard InChI is InChI=1S/2C9H5ClINO.Zn/c2*10-6-4-7(11)9(13)8-5(6)2-1-3-12-8;/h2*1-4,13H;/q;;+2/p-2/i2*11-4;. The van der Waals surface area contributed by atoms with Crippen LogP contribution in [-0.4, -0.2) is 9.97 Å². The van der Waals surface area contributed by atoms with Crippen molar-refractivity contribution in [2.45, 2.75) is 0 Å². The van der Waals surface area contributed by atoms with E-state index in [1.807, 2.05) is 45.2 Å². The third-order valence-corrected chi connectivity index (χ3v) is 5.73. The summed E-state index contributed by atoms with van der Waals surface area (Å²) in [6.07, 6.45) is 3.19. The van der Waals surface area contributed by atoms with E-state index in [4.69, 9.17) is 23.2 Å². The zero-order valence-corrected chi connectivity index (χ0v) is 22.3. The molecule has 0 bridgehead atoms. The van der Waals surface area contributed by atoms with Crippen molar-refractivity contribution in [2.75, 3.05) is 0 Å². The Kier molecular flexibility index (Phi) is 8.30. The summed E-state index contributed by atoms with van der Waals surface area (Å²) < 4.78 is 1.21. The Morgan fingerprint density at radius 3 is 1.48 bits per heavy atom. The van der Waals surface area contributed by atoms with Crippen molar-refractivity contribution >= 4 is 90.2 Å². The van der Waals surface area contributed by atoms with E-state index in [0.717, 1.165) is 10.8 Å². The number of aromatic nitrogens is 2. The van der Waals surface area contributed by atoms with Gasteiger partial charge in [0.15, 0.2) is 0 Å². The fourth-order valence-corrected chi connectivity index (χ4v) is 4.32. The van der Waals surface area contributed by atoms with Crippen LogP contribution in [0.25, 0.3) is 21.8 Å². The molecule has 9 heteroatoms. The topological polar surface area (TPSA) is 71.9 Å². The van der Waals surface area contributed by atoms with Crippen LogP contribution in [0.4, 0.5) is 0 Å². The maximum absolute atomic E-state index is 11.6. The molecule has 0 saturated heterocycles. The summed E-state index contributed by atoms with van der Waals surface area (Å²) in [5, 5.41) is 25.7. The Morgan fingerprint density at radius 1 is 0.741 bits per heavy atom. The normalized spacial score (nSPS) is 10.2. The zero-order chi connectivity index (χ0) is 18.8. The average Bonchev–Trinajstić information content (AvgIpc) is 2.65. The van der Waals surface area contributed by atoms with Gasteiger partial charge >= 0.3 is 19.5 Å². The molecule has 27 heavy (non-hydrogen) atoms.